The van der Waals surface area contributed by atoms with Crippen molar-refractivity contribution in [3.05, 3.63) is 33.8 Å². The molecule has 0 aliphatic rings. The fourth-order valence-corrected chi connectivity index (χ4v) is 1.43. The summed E-state index contributed by atoms with van der Waals surface area (Å²) in [6.45, 7) is 1.22. The molecule has 0 saturated heterocycles. The normalized spacial score (nSPS) is 10.1. The van der Waals surface area contributed by atoms with E-state index in [9.17, 15) is 13.6 Å². The number of carbonyl (C=O) groups is 1. The molecule has 0 N–H and O–H groups in total. The molecule has 0 saturated carbocycles. The van der Waals surface area contributed by atoms with Crippen molar-refractivity contribution in [1.29, 1.82) is 5.26 Å². The van der Waals surface area contributed by atoms with Crippen LogP contribution in [0.3, 0.4) is 0 Å². The summed E-state index contributed by atoms with van der Waals surface area (Å²) in [4.78, 5) is 11.0. The molecule has 0 bridgehead atoms. The second-order valence-corrected chi connectivity index (χ2v) is 3.30. The maximum absolute atomic E-state index is 12.5. The number of ketones is 1. The number of rotatable bonds is 2. The molecule has 0 atom stereocenters. The second-order valence-electron chi connectivity index (χ2n) is 2.89. The summed E-state index contributed by atoms with van der Waals surface area (Å²) < 4.78 is 25.0. The Hall–Kier alpha value is -1.47. The lowest BCUT2D eigenvalue weighted by atomic mass is 10.0. The molecule has 1 rings (SSSR count). The minimum Gasteiger partial charge on any atom is -0.294 e. The number of carbonyl (C=O) groups excluding carboxylic acids is 1. The van der Waals surface area contributed by atoms with Crippen LogP contribution in [0.1, 0.15) is 34.8 Å². The Morgan fingerprint density at radius 3 is 2.53 bits per heavy atom. The summed E-state index contributed by atoms with van der Waals surface area (Å²) in [5, 5.41) is 8.61. The van der Waals surface area contributed by atoms with Crippen LogP contribution in [-0.4, -0.2) is 5.78 Å². The van der Waals surface area contributed by atoms with Gasteiger partial charge in [-0.1, -0.05) is 11.6 Å². The predicted molar refractivity (Wildman–Crippen MR) is 51.1 cm³/mol. The van der Waals surface area contributed by atoms with Crippen molar-refractivity contribution in [2.24, 2.45) is 0 Å². The molecule has 0 fully saturated rings. The van der Waals surface area contributed by atoms with Gasteiger partial charge in [0.2, 0.25) is 0 Å². The van der Waals surface area contributed by atoms with Gasteiger partial charge in [-0.05, 0) is 19.1 Å². The van der Waals surface area contributed by atoms with Gasteiger partial charge in [-0.2, -0.15) is 5.26 Å². The first-order valence-electron chi connectivity index (χ1n) is 4.00. The fourth-order valence-electron chi connectivity index (χ4n) is 1.14. The molecule has 78 valence electrons. The van der Waals surface area contributed by atoms with E-state index in [4.69, 9.17) is 16.9 Å². The zero-order valence-corrected chi connectivity index (χ0v) is 8.48. The van der Waals surface area contributed by atoms with Crippen LogP contribution in [0.25, 0.3) is 0 Å². The maximum atomic E-state index is 12.5. The molecule has 0 heterocycles. The van der Waals surface area contributed by atoms with Crippen molar-refractivity contribution < 1.29 is 13.6 Å². The molecule has 0 aromatic heterocycles. The SMILES string of the molecule is CC(=O)c1cc(C(F)F)c(C#N)cc1Cl. The summed E-state index contributed by atoms with van der Waals surface area (Å²) in [5.41, 5.74) is -0.668. The average molecular weight is 230 g/mol. The van der Waals surface area contributed by atoms with E-state index >= 15 is 0 Å². The molecule has 15 heavy (non-hydrogen) atoms. The molecule has 0 aliphatic carbocycles. The third kappa shape index (κ3) is 2.31. The van der Waals surface area contributed by atoms with Crippen LogP contribution in [0.15, 0.2) is 12.1 Å². The molecular formula is C10H6ClF2NO. The van der Waals surface area contributed by atoms with E-state index in [0.29, 0.717) is 0 Å². The summed E-state index contributed by atoms with van der Waals surface area (Å²) in [6, 6.07) is 3.66. The van der Waals surface area contributed by atoms with Gasteiger partial charge in [0.1, 0.15) is 0 Å². The summed E-state index contributed by atoms with van der Waals surface area (Å²) in [6.07, 6.45) is -2.80. The highest BCUT2D eigenvalue weighted by atomic mass is 35.5. The van der Waals surface area contributed by atoms with Crippen molar-refractivity contribution in [3.8, 4) is 6.07 Å². The largest absolute Gasteiger partial charge is 0.294 e. The molecule has 0 unspecified atom stereocenters. The van der Waals surface area contributed by atoms with Crippen LogP contribution in [0.5, 0.6) is 0 Å². The highest BCUT2D eigenvalue weighted by molar-refractivity contribution is 6.34. The number of Topliss-reactive ketones (excluding diaryl/α,β-unsaturated/α-hetero) is 1. The number of alkyl halides is 2. The van der Waals surface area contributed by atoms with Crippen LogP contribution in [0.2, 0.25) is 5.02 Å². The van der Waals surface area contributed by atoms with Gasteiger partial charge in [0.15, 0.2) is 5.78 Å². The number of benzene rings is 1. The maximum Gasteiger partial charge on any atom is 0.265 e. The average Bonchev–Trinajstić information content (AvgIpc) is 2.16. The minimum atomic E-state index is -2.80. The van der Waals surface area contributed by atoms with E-state index in [2.05, 4.69) is 0 Å². The standard InChI is InChI=1S/C10H6ClF2NO/c1-5(15)7-3-8(10(12)13)6(4-14)2-9(7)11/h2-3,10H,1H3. The summed E-state index contributed by atoms with van der Waals surface area (Å²) in [5.74, 6) is -0.411. The molecule has 0 aliphatic heterocycles. The van der Waals surface area contributed by atoms with Crippen LogP contribution in [0, 0.1) is 11.3 Å². The molecule has 0 spiro atoms. The summed E-state index contributed by atoms with van der Waals surface area (Å²) in [7, 11) is 0. The van der Waals surface area contributed by atoms with E-state index in [1.165, 1.54) is 6.92 Å². The van der Waals surface area contributed by atoms with Gasteiger partial charge in [-0.3, -0.25) is 4.79 Å². The van der Waals surface area contributed by atoms with E-state index < -0.39 is 17.8 Å². The van der Waals surface area contributed by atoms with Crippen molar-refractivity contribution in [1.82, 2.24) is 0 Å². The highest BCUT2D eigenvalue weighted by Crippen LogP contribution is 2.28. The first-order chi connectivity index (χ1) is 6.97. The van der Waals surface area contributed by atoms with Crippen molar-refractivity contribution in [2.45, 2.75) is 13.3 Å². The van der Waals surface area contributed by atoms with E-state index in [0.717, 1.165) is 12.1 Å². The quantitative estimate of drug-likeness (QED) is 0.730. The Kier molecular flexibility index (Phi) is 3.38. The Morgan fingerprint density at radius 2 is 2.13 bits per heavy atom. The minimum absolute atomic E-state index is 0.00552. The molecular weight excluding hydrogens is 224 g/mol. The Labute approximate surface area is 90.1 Å². The van der Waals surface area contributed by atoms with Crippen molar-refractivity contribution >= 4 is 17.4 Å². The third-order valence-electron chi connectivity index (χ3n) is 1.87. The van der Waals surface area contributed by atoms with Gasteiger partial charge in [0.05, 0.1) is 16.7 Å². The number of nitrogens with zero attached hydrogens (tertiary/aromatic N) is 1. The lowest BCUT2D eigenvalue weighted by Gasteiger charge is -2.06. The smallest absolute Gasteiger partial charge is 0.265 e. The fraction of sp³-hybridized carbons (Fsp3) is 0.200. The van der Waals surface area contributed by atoms with Crippen molar-refractivity contribution in [3.63, 3.8) is 0 Å². The van der Waals surface area contributed by atoms with Crippen LogP contribution in [-0.2, 0) is 0 Å². The van der Waals surface area contributed by atoms with Crippen molar-refractivity contribution in [2.75, 3.05) is 0 Å². The monoisotopic (exact) mass is 229 g/mol. The van der Waals surface area contributed by atoms with Gasteiger partial charge in [-0.15, -0.1) is 0 Å². The van der Waals surface area contributed by atoms with Crippen LogP contribution < -0.4 is 0 Å². The third-order valence-corrected chi connectivity index (χ3v) is 2.19. The Morgan fingerprint density at radius 1 is 1.53 bits per heavy atom. The zero-order valence-electron chi connectivity index (χ0n) is 7.72. The molecule has 5 heteroatoms. The molecule has 0 amide bonds. The number of hydrogen-bond acceptors (Lipinski definition) is 2. The van der Waals surface area contributed by atoms with E-state index in [-0.39, 0.29) is 16.1 Å². The lowest BCUT2D eigenvalue weighted by Crippen LogP contribution is -1.99. The number of nitriles is 1. The van der Waals surface area contributed by atoms with Gasteiger partial charge in [0, 0.05) is 11.1 Å². The van der Waals surface area contributed by atoms with Crippen LogP contribution in [0.4, 0.5) is 8.78 Å². The van der Waals surface area contributed by atoms with Gasteiger partial charge in [-0.25, -0.2) is 8.78 Å². The number of halogens is 3. The molecule has 1 aromatic carbocycles. The molecule has 2 nitrogen and oxygen atoms in total. The van der Waals surface area contributed by atoms with Crippen LogP contribution >= 0.6 is 11.6 Å². The van der Waals surface area contributed by atoms with E-state index in [1.54, 1.807) is 6.07 Å². The van der Waals surface area contributed by atoms with E-state index in [1.807, 2.05) is 0 Å². The lowest BCUT2D eigenvalue weighted by molar-refractivity contribution is 0.101. The second kappa shape index (κ2) is 4.37. The predicted octanol–water partition coefficient (Wildman–Crippen LogP) is 3.35. The number of hydrogen-bond donors (Lipinski definition) is 0. The highest BCUT2D eigenvalue weighted by Gasteiger charge is 2.17. The topological polar surface area (TPSA) is 40.9 Å². The van der Waals surface area contributed by atoms with Gasteiger partial charge < -0.3 is 0 Å². The van der Waals surface area contributed by atoms with Gasteiger partial charge in [0.25, 0.3) is 6.43 Å². The Bertz CT molecular complexity index is 451. The summed E-state index contributed by atoms with van der Waals surface area (Å²) >= 11 is 5.66. The first-order valence-corrected chi connectivity index (χ1v) is 4.37. The Balaban J connectivity index is 3.45. The first kappa shape index (κ1) is 11.6. The molecule has 0 radical (unpaired) electrons. The zero-order chi connectivity index (χ0) is 11.6. The molecule has 1 aromatic rings. The van der Waals surface area contributed by atoms with Gasteiger partial charge >= 0.3 is 0 Å².